The second-order valence-corrected chi connectivity index (χ2v) is 4.65. The van der Waals surface area contributed by atoms with Gasteiger partial charge in [-0.2, -0.15) is 0 Å². The zero-order chi connectivity index (χ0) is 12.3. The summed E-state index contributed by atoms with van der Waals surface area (Å²) in [6.07, 6.45) is 0. The average molecular weight is 296 g/mol. The topological polar surface area (TPSA) is 45.4 Å². The first kappa shape index (κ1) is 12.2. The maximum Gasteiger partial charge on any atom is 0.169 e. The highest BCUT2D eigenvalue weighted by Crippen LogP contribution is 2.21. The van der Waals surface area contributed by atoms with E-state index in [-0.39, 0.29) is 6.04 Å². The molecule has 0 aliphatic rings. The molecule has 0 spiro atoms. The van der Waals surface area contributed by atoms with Gasteiger partial charge in [0.2, 0.25) is 0 Å². The Kier molecular flexibility index (Phi) is 3.86. The minimum Gasteiger partial charge on any atom is -0.508 e. The summed E-state index contributed by atoms with van der Waals surface area (Å²) in [7, 11) is 0. The van der Waals surface area contributed by atoms with E-state index in [0.29, 0.717) is 12.3 Å². The summed E-state index contributed by atoms with van der Waals surface area (Å²) in [5.41, 5.74) is 0.880. The molecule has 0 fully saturated rings. The summed E-state index contributed by atoms with van der Waals surface area (Å²) >= 11 is 3.27. The van der Waals surface area contributed by atoms with E-state index < -0.39 is 0 Å². The fourth-order valence-corrected chi connectivity index (χ4v) is 1.90. The molecule has 2 N–H and O–H groups in total. The van der Waals surface area contributed by atoms with Crippen LogP contribution in [0.2, 0.25) is 0 Å². The van der Waals surface area contributed by atoms with Crippen LogP contribution in [0.1, 0.15) is 24.3 Å². The van der Waals surface area contributed by atoms with Gasteiger partial charge in [0, 0.05) is 12.1 Å². The summed E-state index contributed by atoms with van der Waals surface area (Å²) in [6, 6.07) is 11.2. The molecule has 0 saturated heterocycles. The first-order valence-electron chi connectivity index (χ1n) is 5.42. The van der Waals surface area contributed by atoms with Crippen molar-refractivity contribution >= 4 is 15.9 Å². The van der Waals surface area contributed by atoms with Crippen molar-refractivity contribution in [2.24, 2.45) is 0 Å². The van der Waals surface area contributed by atoms with Crippen molar-refractivity contribution in [3.05, 3.63) is 52.4 Å². The maximum absolute atomic E-state index is 9.63. The summed E-state index contributed by atoms with van der Waals surface area (Å²) in [6.45, 7) is 2.62. The van der Waals surface area contributed by atoms with Gasteiger partial charge in [-0.3, -0.25) is 0 Å². The molecule has 0 radical (unpaired) electrons. The molecule has 1 unspecified atom stereocenters. The Bertz CT molecular complexity index is 496. The quantitative estimate of drug-likeness (QED) is 0.906. The lowest BCUT2D eigenvalue weighted by atomic mass is 10.2. The predicted molar refractivity (Wildman–Crippen MR) is 69.8 cm³/mol. The van der Waals surface area contributed by atoms with Crippen molar-refractivity contribution in [3.63, 3.8) is 0 Å². The summed E-state index contributed by atoms with van der Waals surface area (Å²) in [4.78, 5) is 0. The Labute approximate surface area is 109 Å². The van der Waals surface area contributed by atoms with Crippen LogP contribution in [0.15, 0.2) is 45.5 Å². The highest BCUT2D eigenvalue weighted by molar-refractivity contribution is 9.10. The van der Waals surface area contributed by atoms with E-state index in [4.69, 9.17) is 4.42 Å². The van der Waals surface area contributed by atoms with Crippen LogP contribution < -0.4 is 5.32 Å². The number of hydrogen-bond donors (Lipinski definition) is 2. The van der Waals surface area contributed by atoms with Gasteiger partial charge in [-0.1, -0.05) is 18.2 Å². The van der Waals surface area contributed by atoms with Crippen LogP contribution in [0.3, 0.4) is 0 Å². The highest BCUT2D eigenvalue weighted by atomic mass is 79.9. The third-order valence-corrected chi connectivity index (χ3v) is 3.04. The second kappa shape index (κ2) is 5.38. The molecule has 0 aliphatic carbocycles. The van der Waals surface area contributed by atoms with E-state index in [2.05, 4.69) is 21.2 Å². The third-order valence-electron chi connectivity index (χ3n) is 2.61. The molecule has 2 rings (SSSR count). The van der Waals surface area contributed by atoms with E-state index in [0.717, 1.165) is 16.0 Å². The van der Waals surface area contributed by atoms with Crippen molar-refractivity contribution < 1.29 is 9.52 Å². The highest BCUT2D eigenvalue weighted by Gasteiger charge is 2.09. The number of halogens is 1. The van der Waals surface area contributed by atoms with Gasteiger partial charge < -0.3 is 14.8 Å². The Hall–Kier alpha value is -1.26. The Balaban J connectivity index is 1.97. The van der Waals surface area contributed by atoms with Gasteiger partial charge in [0.1, 0.15) is 11.5 Å². The minimum atomic E-state index is 0.0981. The molecule has 0 amide bonds. The molecule has 0 bridgehead atoms. The number of phenolic OH excluding ortho intramolecular Hbond substituents is 1. The number of benzene rings is 1. The lowest BCUT2D eigenvalue weighted by Crippen LogP contribution is -2.17. The van der Waals surface area contributed by atoms with E-state index in [1.54, 1.807) is 6.07 Å². The smallest absolute Gasteiger partial charge is 0.169 e. The number of furan rings is 1. The molecule has 1 aromatic heterocycles. The van der Waals surface area contributed by atoms with Crippen LogP contribution in [0.25, 0.3) is 0 Å². The molecule has 17 heavy (non-hydrogen) atoms. The molecule has 0 aliphatic heterocycles. The Morgan fingerprint density at radius 3 is 2.71 bits per heavy atom. The van der Waals surface area contributed by atoms with Crippen molar-refractivity contribution in [2.45, 2.75) is 19.5 Å². The minimum absolute atomic E-state index is 0.0981. The molecule has 0 saturated carbocycles. The van der Waals surface area contributed by atoms with E-state index >= 15 is 0 Å². The molecule has 1 aromatic carbocycles. The first-order chi connectivity index (χ1) is 8.16. The maximum atomic E-state index is 9.63. The summed E-state index contributed by atoms with van der Waals surface area (Å²) in [5, 5.41) is 12.9. The zero-order valence-electron chi connectivity index (χ0n) is 9.48. The molecule has 2 aromatic rings. The van der Waals surface area contributed by atoms with E-state index in [1.807, 2.05) is 37.3 Å². The van der Waals surface area contributed by atoms with Gasteiger partial charge in [-0.15, -0.1) is 0 Å². The van der Waals surface area contributed by atoms with Gasteiger partial charge >= 0.3 is 0 Å². The van der Waals surface area contributed by atoms with Gasteiger partial charge in [0.15, 0.2) is 4.67 Å². The van der Waals surface area contributed by atoms with E-state index in [9.17, 15) is 5.11 Å². The van der Waals surface area contributed by atoms with Crippen molar-refractivity contribution in [1.82, 2.24) is 5.32 Å². The van der Waals surface area contributed by atoms with Crippen LogP contribution in [-0.4, -0.2) is 5.11 Å². The van der Waals surface area contributed by atoms with Crippen LogP contribution in [0.4, 0.5) is 0 Å². The molecule has 1 heterocycles. The average Bonchev–Trinajstić information content (AvgIpc) is 2.74. The van der Waals surface area contributed by atoms with Gasteiger partial charge in [-0.25, -0.2) is 0 Å². The largest absolute Gasteiger partial charge is 0.508 e. The molecule has 1 atom stereocenters. The first-order valence-corrected chi connectivity index (χ1v) is 6.21. The fourth-order valence-electron chi connectivity index (χ4n) is 1.58. The van der Waals surface area contributed by atoms with Gasteiger partial charge in [-0.05, 0) is 41.1 Å². The summed E-state index contributed by atoms with van der Waals surface area (Å²) < 4.78 is 6.18. The third kappa shape index (κ3) is 3.11. The van der Waals surface area contributed by atoms with Crippen LogP contribution in [0.5, 0.6) is 5.75 Å². The number of nitrogens with one attached hydrogen (secondary N) is 1. The van der Waals surface area contributed by atoms with Crippen LogP contribution >= 0.6 is 15.9 Å². The number of para-hydroxylation sites is 1. The molecule has 4 heteroatoms. The van der Waals surface area contributed by atoms with Crippen molar-refractivity contribution in [3.8, 4) is 5.75 Å². The Morgan fingerprint density at radius 2 is 2.06 bits per heavy atom. The number of hydrogen-bond acceptors (Lipinski definition) is 3. The molecule has 3 nitrogen and oxygen atoms in total. The lowest BCUT2D eigenvalue weighted by molar-refractivity contribution is 0.412. The molecule has 90 valence electrons. The van der Waals surface area contributed by atoms with Crippen LogP contribution in [-0.2, 0) is 6.54 Å². The standard InChI is InChI=1S/C13H14BrNO2/c1-9(12-6-7-13(14)17-12)15-8-10-4-2-3-5-11(10)16/h2-7,9,15-16H,8H2,1H3. The summed E-state index contributed by atoms with van der Waals surface area (Å²) in [5.74, 6) is 1.18. The monoisotopic (exact) mass is 295 g/mol. The normalized spacial score (nSPS) is 12.6. The predicted octanol–water partition coefficient (Wildman–Crippen LogP) is 3.60. The SMILES string of the molecule is CC(NCc1ccccc1O)c1ccc(Br)o1. The number of phenols is 1. The molecular formula is C13H14BrNO2. The van der Waals surface area contributed by atoms with Gasteiger partial charge in [0.05, 0.1) is 6.04 Å². The van der Waals surface area contributed by atoms with Crippen molar-refractivity contribution in [2.75, 3.05) is 0 Å². The van der Waals surface area contributed by atoms with Gasteiger partial charge in [0.25, 0.3) is 0 Å². The number of rotatable bonds is 4. The second-order valence-electron chi connectivity index (χ2n) is 3.87. The zero-order valence-corrected chi connectivity index (χ0v) is 11.1. The van der Waals surface area contributed by atoms with E-state index in [1.165, 1.54) is 0 Å². The van der Waals surface area contributed by atoms with Crippen LogP contribution in [0, 0.1) is 0 Å². The fraction of sp³-hybridized carbons (Fsp3) is 0.231. The number of aromatic hydroxyl groups is 1. The Morgan fingerprint density at radius 1 is 1.29 bits per heavy atom. The molecular weight excluding hydrogens is 282 g/mol. The van der Waals surface area contributed by atoms with Crippen molar-refractivity contribution in [1.29, 1.82) is 0 Å². The lowest BCUT2D eigenvalue weighted by Gasteiger charge is -2.12.